The summed E-state index contributed by atoms with van der Waals surface area (Å²) < 4.78 is 41.8. The average molecular weight is 445 g/mol. The van der Waals surface area contributed by atoms with Crippen molar-refractivity contribution in [3.63, 3.8) is 0 Å². The van der Waals surface area contributed by atoms with Gasteiger partial charge in [0.15, 0.2) is 5.82 Å². The molecular formula is C20H14F3N5O2S. The van der Waals surface area contributed by atoms with E-state index in [1.54, 1.807) is 22.0 Å². The van der Waals surface area contributed by atoms with Crippen LogP contribution in [-0.4, -0.2) is 33.0 Å². The van der Waals surface area contributed by atoms with Gasteiger partial charge in [0.1, 0.15) is 17.5 Å². The second-order valence-corrected chi connectivity index (χ2v) is 7.29. The zero-order chi connectivity index (χ0) is 22.0. The highest BCUT2D eigenvalue weighted by Crippen LogP contribution is 2.21. The van der Waals surface area contributed by atoms with E-state index in [1.165, 1.54) is 23.5 Å². The zero-order valence-corrected chi connectivity index (χ0v) is 16.5. The Balaban J connectivity index is 1.37. The molecular weight excluding hydrogens is 431 g/mol. The van der Waals surface area contributed by atoms with E-state index in [1.807, 2.05) is 5.32 Å². The van der Waals surface area contributed by atoms with Crippen LogP contribution in [-0.2, 0) is 16.0 Å². The Morgan fingerprint density at radius 3 is 2.65 bits per heavy atom. The van der Waals surface area contributed by atoms with Gasteiger partial charge < -0.3 is 10.6 Å². The fraction of sp³-hybridized carbons (Fsp3) is 0.100. The lowest BCUT2D eigenvalue weighted by molar-refractivity contribution is -0.136. The molecule has 0 atom stereocenters. The second-order valence-electron chi connectivity index (χ2n) is 6.45. The first kappa shape index (κ1) is 20.5. The zero-order valence-electron chi connectivity index (χ0n) is 15.7. The van der Waals surface area contributed by atoms with E-state index in [9.17, 15) is 22.8 Å². The van der Waals surface area contributed by atoms with Gasteiger partial charge >= 0.3 is 11.8 Å². The summed E-state index contributed by atoms with van der Waals surface area (Å²) in [6.07, 6.45) is 0.333. The molecule has 0 saturated heterocycles. The average Bonchev–Trinajstić information content (AvgIpc) is 3.32. The number of carbonyl (C=O) groups is 2. The van der Waals surface area contributed by atoms with Crippen molar-refractivity contribution in [1.82, 2.24) is 19.9 Å². The van der Waals surface area contributed by atoms with E-state index in [0.717, 1.165) is 23.9 Å². The summed E-state index contributed by atoms with van der Waals surface area (Å²) in [5.41, 5.74) is 0.843. The van der Waals surface area contributed by atoms with Crippen LogP contribution in [0.1, 0.15) is 5.69 Å². The minimum absolute atomic E-state index is 0.0961. The Labute approximate surface area is 177 Å². The quantitative estimate of drug-likeness (QED) is 0.462. The molecule has 0 aliphatic carbocycles. The number of hydrogen-bond acceptors (Lipinski definition) is 5. The maximum absolute atomic E-state index is 13.6. The van der Waals surface area contributed by atoms with Crippen LogP contribution in [0.5, 0.6) is 0 Å². The third kappa shape index (κ3) is 4.56. The number of hydrogen-bond donors (Lipinski definition) is 2. The van der Waals surface area contributed by atoms with Crippen LogP contribution in [0.2, 0.25) is 0 Å². The maximum atomic E-state index is 13.6. The molecule has 2 aromatic heterocycles. The van der Waals surface area contributed by atoms with Gasteiger partial charge in [-0.1, -0.05) is 12.1 Å². The number of anilines is 1. The number of aromatic nitrogens is 3. The topological polar surface area (TPSA) is 88.4 Å². The number of fused-ring (bicyclic) bond motifs is 1. The molecule has 0 bridgehead atoms. The Hall–Kier alpha value is -3.73. The first-order valence-corrected chi connectivity index (χ1v) is 9.92. The molecule has 2 amide bonds. The van der Waals surface area contributed by atoms with Crippen LogP contribution in [0.3, 0.4) is 0 Å². The lowest BCUT2D eigenvalue weighted by atomic mass is 10.2. The van der Waals surface area contributed by atoms with E-state index in [4.69, 9.17) is 0 Å². The summed E-state index contributed by atoms with van der Waals surface area (Å²) in [6.45, 7) is 0.0961. The third-order valence-corrected chi connectivity index (χ3v) is 5.15. The summed E-state index contributed by atoms with van der Waals surface area (Å²) in [7, 11) is 0. The van der Waals surface area contributed by atoms with E-state index >= 15 is 0 Å². The molecule has 4 rings (SSSR count). The van der Waals surface area contributed by atoms with Gasteiger partial charge in [0.25, 0.3) is 0 Å². The third-order valence-electron chi connectivity index (χ3n) is 4.28. The summed E-state index contributed by atoms with van der Waals surface area (Å²) in [5.74, 6) is -3.74. The summed E-state index contributed by atoms with van der Waals surface area (Å²) in [4.78, 5) is 28.8. The standard InChI is InChI=1S/C20H14F3N5O2S/c21-12-3-1-2-11(8-12)17-26-20-28(27-17)14(10-31-20)6-7-24-18(29)19(30)25-16-9-13(22)4-5-15(16)23/h1-5,8-10H,6-7H2,(H,24,29)(H,25,30). The Morgan fingerprint density at radius 1 is 1.03 bits per heavy atom. The number of nitrogens with one attached hydrogen (secondary N) is 2. The molecule has 31 heavy (non-hydrogen) atoms. The van der Waals surface area contributed by atoms with Gasteiger partial charge in [0.05, 0.1) is 11.4 Å². The monoisotopic (exact) mass is 445 g/mol. The van der Waals surface area contributed by atoms with Crippen molar-refractivity contribution in [2.24, 2.45) is 0 Å². The Bertz CT molecular complexity index is 1290. The van der Waals surface area contributed by atoms with Crippen LogP contribution < -0.4 is 10.6 Å². The molecule has 0 radical (unpaired) electrons. The van der Waals surface area contributed by atoms with Crippen molar-refractivity contribution in [1.29, 1.82) is 0 Å². The molecule has 11 heteroatoms. The highest BCUT2D eigenvalue weighted by atomic mass is 32.1. The molecule has 2 N–H and O–H groups in total. The van der Waals surface area contributed by atoms with Gasteiger partial charge in [-0.2, -0.15) is 4.98 Å². The number of benzene rings is 2. The van der Waals surface area contributed by atoms with Crippen LogP contribution in [0.4, 0.5) is 18.9 Å². The molecule has 4 aromatic rings. The normalized spacial score (nSPS) is 10.9. The van der Waals surface area contributed by atoms with Crippen molar-refractivity contribution in [2.45, 2.75) is 6.42 Å². The Kier molecular flexibility index (Phi) is 5.67. The number of thiazole rings is 1. The van der Waals surface area contributed by atoms with Crippen molar-refractivity contribution < 1.29 is 22.8 Å². The van der Waals surface area contributed by atoms with Crippen LogP contribution >= 0.6 is 11.3 Å². The van der Waals surface area contributed by atoms with Gasteiger partial charge in [0, 0.05) is 30.0 Å². The highest BCUT2D eigenvalue weighted by Gasteiger charge is 2.17. The molecule has 158 valence electrons. The molecule has 0 fully saturated rings. The molecule has 0 spiro atoms. The molecule has 0 aliphatic heterocycles. The summed E-state index contributed by atoms with van der Waals surface area (Å²) >= 11 is 1.33. The second kappa shape index (κ2) is 8.56. The number of carbonyl (C=O) groups excluding carboxylic acids is 2. The summed E-state index contributed by atoms with van der Waals surface area (Å²) in [6, 6.07) is 8.45. The van der Waals surface area contributed by atoms with E-state index in [0.29, 0.717) is 22.8 Å². The predicted molar refractivity (Wildman–Crippen MR) is 108 cm³/mol. The minimum atomic E-state index is -1.12. The molecule has 0 aliphatic rings. The maximum Gasteiger partial charge on any atom is 0.313 e. The van der Waals surface area contributed by atoms with Crippen molar-refractivity contribution in [3.05, 3.63) is 71.0 Å². The minimum Gasteiger partial charge on any atom is -0.347 e. The highest BCUT2D eigenvalue weighted by molar-refractivity contribution is 7.15. The molecule has 0 unspecified atom stereocenters. The summed E-state index contributed by atoms with van der Waals surface area (Å²) in [5, 5.41) is 10.6. The van der Waals surface area contributed by atoms with Gasteiger partial charge in [-0.3, -0.25) is 9.59 Å². The molecule has 0 saturated carbocycles. The van der Waals surface area contributed by atoms with E-state index in [2.05, 4.69) is 15.4 Å². The smallest absolute Gasteiger partial charge is 0.313 e. The lowest BCUT2D eigenvalue weighted by Crippen LogP contribution is -2.36. The van der Waals surface area contributed by atoms with Gasteiger partial charge in [-0.05, 0) is 24.3 Å². The van der Waals surface area contributed by atoms with Crippen LogP contribution in [0.15, 0.2) is 47.8 Å². The molecule has 2 aromatic carbocycles. The lowest BCUT2D eigenvalue weighted by Gasteiger charge is -2.07. The first-order valence-electron chi connectivity index (χ1n) is 9.04. The van der Waals surface area contributed by atoms with Crippen molar-refractivity contribution in [2.75, 3.05) is 11.9 Å². The SMILES string of the molecule is O=C(NCCc1csc2nc(-c3cccc(F)c3)nn12)C(=O)Nc1cc(F)ccc1F. The molecule has 7 nitrogen and oxygen atoms in total. The number of halogens is 3. The van der Waals surface area contributed by atoms with Gasteiger partial charge in [-0.15, -0.1) is 16.4 Å². The van der Waals surface area contributed by atoms with Gasteiger partial charge in [0.2, 0.25) is 4.96 Å². The number of rotatable bonds is 5. The predicted octanol–water partition coefficient (Wildman–Crippen LogP) is 3.17. The Morgan fingerprint density at radius 2 is 1.84 bits per heavy atom. The van der Waals surface area contributed by atoms with E-state index < -0.39 is 35.0 Å². The van der Waals surface area contributed by atoms with Crippen LogP contribution in [0, 0.1) is 17.5 Å². The van der Waals surface area contributed by atoms with Crippen LogP contribution in [0.25, 0.3) is 16.3 Å². The van der Waals surface area contributed by atoms with Crippen molar-refractivity contribution >= 4 is 33.8 Å². The van der Waals surface area contributed by atoms with E-state index in [-0.39, 0.29) is 6.54 Å². The van der Waals surface area contributed by atoms with Crippen molar-refractivity contribution in [3.8, 4) is 11.4 Å². The first-order chi connectivity index (χ1) is 14.9. The van der Waals surface area contributed by atoms with Gasteiger partial charge in [-0.25, -0.2) is 17.7 Å². The largest absolute Gasteiger partial charge is 0.347 e. The fourth-order valence-electron chi connectivity index (χ4n) is 2.80. The number of amides is 2. The fourth-order valence-corrected chi connectivity index (χ4v) is 3.66. The number of nitrogens with zero attached hydrogens (tertiary/aromatic N) is 3. The molecule has 2 heterocycles.